The summed E-state index contributed by atoms with van der Waals surface area (Å²) in [6.45, 7) is 4.57. The zero-order valence-corrected chi connectivity index (χ0v) is 15.1. The second-order valence-corrected chi connectivity index (χ2v) is 6.52. The van der Waals surface area contributed by atoms with Gasteiger partial charge in [0.1, 0.15) is 17.8 Å². The minimum Gasteiger partial charge on any atom is -0.383 e. The second-order valence-electron chi connectivity index (χ2n) is 5.77. The number of hydrogen-bond donors (Lipinski definition) is 1. The summed E-state index contributed by atoms with van der Waals surface area (Å²) in [7, 11) is 0. The summed E-state index contributed by atoms with van der Waals surface area (Å²) in [5.41, 5.74) is 9.91. The summed E-state index contributed by atoms with van der Waals surface area (Å²) in [6, 6.07) is 10.2. The first kappa shape index (κ1) is 15.8. The molecule has 0 aliphatic carbocycles. The Balaban J connectivity index is 2.02. The van der Waals surface area contributed by atoms with Crippen molar-refractivity contribution in [3.05, 3.63) is 60.1 Å². The number of pyridine rings is 1. The number of nitrogens with two attached hydrogens (primary N) is 1. The van der Waals surface area contributed by atoms with E-state index in [1.54, 1.807) is 0 Å². The molecule has 0 bridgehead atoms. The van der Waals surface area contributed by atoms with Crippen LogP contribution in [-0.2, 0) is 6.54 Å². The largest absolute Gasteiger partial charge is 0.383 e. The Bertz CT molecular complexity index is 1100. The van der Waals surface area contributed by atoms with Gasteiger partial charge in [-0.25, -0.2) is 9.97 Å². The highest BCUT2D eigenvalue weighted by Gasteiger charge is 2.20. The molecular weight excluding hydrogens is 378 g/mol. The van der Waals surface area contributed by atoms with Gasteiger partial charge in [0.05, 0.1) is 15.5 Å². The van der Waals surface area contributed by atoms with Crippen LogP contribution >= 0.6 is 15.9 Å². The third-order valence-corrected chi connectivity index (χ3v) is 5.07. The summed E-state index contributed by atoms with van der Waals surface area (Å²) in [6.07, 6.45) is 6.09. The van der Waals surface area contributed by atoms with E-state index in [0.29, 0.717) is 5.82 Å². The Kier molecular flexibility index (Phi) is 3.97. The van der Waals surface area contributed by atoms with E-state index in [0.717, 1.165) is 50.6 Å². The molecule has 0 aliphatic rings. The standard InChI is InChI=1S/C19H16BrN5/c1-2-3-8-25-17(20)15(16-18(21)23-11-24-19(16)25)13-9-12-6-4-5-7-14(12)22-10-13/h2,4-7,9-11H,1,3,8H2,(H2,21,23,24). The fourth-order valence-corrected chi connectivity index (χ4v) is 3.83. The van der Waals surface area contributed by atoms with Crippen LogP contribution in [0.1, 0.15) is 6.42 Å². The highest BCUT2D eigenvalue weighted by atomic mass is 79.9. The topological polar surface area (TPSA) is 69.6 Å². The number of nitrogens with zero attached hydrogens (tertiary/aromatic N) is 4. The quantitative estimate of drug-likeness (QED) is 0.515. The van der Waals surface area contributed by atoms with Crippen LogP contribution < -0.4 is 5.73 Å². The van der Waals surface area contributed by atoms with Crippen molar-refractivity contribution < 1.29 is 0 Å². The van der Waals surface area contributed by atoms with Crippen molar-refractivity contribution in [2.75, 3.05) is 5.73 Å². The number of aryl methyl sites for hydroxylation is 1. The summed E-state index contributed by atoms with van der Waals surface area (Å²) in [4.78, 5) is 13.2. The molecule has 124 valence electrons. The van der Waals surface area contributed by atoms with Crippen LogP contribution in [0.3, 0.4) is 0 Å². The number of hydrogen-bond acceptors (Lipinski definition) is 4. The van der Waals surface area contributed by atoms with Crippen LogP contribution in [-0.4, -0.2) is 19.5 Å². The smallest absolute Gasteiger partial charge is 0.147 e. The van der Waals surface area contributed by atoms with Crippen LogP contribution in [0.25, 0.3) is 33.1 Å². The van der Waals surface area contributed by atoms with Crippen LogP contribution in [0.15, 0.2) is 60.1 Å². The maximum absolute atomic E-state index is 6.19. The molecule has 5 nitrogen and oxygen atoms in total. The summed E-state index contributed by atoms with van der Waals surface area (Å²) < 4.78 is 3.02. The van der Waals surface area contributed by atoms with Gasteiger partial charge in [0.25, 0.3) is 0 Å². The number of rotatable bonds is 4. The molecule has 4 aromatic rings. The number of para-hydroxylation sites is 1. The van der Waals surface area contributed by atoms with Gasteiger partial charge in [-0.1, -0.05) is 24.3 Å². The Morgan fingerprint density at radius 2 is 2.04 bits per heavy atom. The van der Waals surface area contributed by atoms with E-state index >= 15 is 0 Å². The van der Waals surface area contributed by atoms with E-state index in [2.05, 4.69) is 54.2 Å². The van der Waals surface area contributed by atoms with Crippen molar-refractivity contribution in [1.82, 2.24) is 19.5 Å². The van der Waals surface area contributed by atoms with Crippen molar-refractivity contribution in [3.8, 4) is 11.1 Å². The van der Waals surface area contributed by atoms with Crippen molar-refractivity contribution in [1.29, 1.82) is 0 Å². The van der Waals surface area contributed by atoms with Crippen LogP contribution in [0.4, 0.5) is 5.82 Å². The molecule has 0 aliphatic heterocycles. The maximum atomic E-state index is 6.19. The minimum atomic E-state index is 0.464. The predicted molar refractivity (Wildman–Crippen MR) is 105 cm³/mol. The number of nitrogen functional groups attached to an aromatic ring is 1. The zero-order valence-electron chi connectivity index (χ0n) is 13.5. The van der Waals surface area contributed by atoms with E-state index in [1.807, 2.05) is 30.5 Å². The molecule has 0 saturated heterocycles. The molecule has 4 rings (SSSR count). The average Bonchev–Trinajstić information content (AvgIpc) is 2.92. The van der Waals surface area contributed by atoms with Gasteiger partial charge < -0.3 is 10.3 Å². The summed E-state index contributed by atoms with van der Waals surface area (Å²) >= 11 is 3.74. The molecule has 25 heavy (non-hydrogen) atoms. The lowest BCUT2D eigenvalue weighted by atomic mass is 10.1. The van der Waals surface area contributed by atoms with Gasteiger partial charge >= 0.3 is 0 Å². The molecule has 0 amide bonds. The first-order valence-electron chi connectivity index (χ1n) is 7.95. The molecule has 3 heterocycles. The molecule has 0 spiro atoms. The van der Waals surface area contributed by atoms with Crippen LogP contribution in [0, 0.1) is 0 Å². The van der Waals surface area contributed by atoms with Gasteiger partial charge in [0.2, 0.25) is 0 Å². The summed E-state index contributed by atoms with van der Waals surface area (Å²) in [5.74, 6) is 0.464. The molecular formula is C19H16BrN5. The average molecular weight is 394 g/mol. The molecule has 0 radical (unpaired) electrons. The zero-order chi connectivity index (χ0) is 17.4. The maximum Gasteiger partial charge on any atom is 0.147 e. The molecule has 6 heteroatoms. The summed E-state index contributed by atoms with van der Waals surface area (Å²) in [5, 5.41) is 1.92. The Labute approximate surface area is 153 Å². The van der Waals surface area contributed by atoms with Crippen LogP contribution in [0.2, 0.25) is 0 Å². The molecule has 3 aromatic heterocycles. The Morgan fingerprint density at radius 1 is 1.20 bits per heavy atom. The van der Waals surface area contributed by atoms with Gasteiger partial charge in [-0.15, -0.1) is 6.58 Å². The van der Waals surface area contributed by atoms with Gasteiger partial charge in [-0.3, -0.25) is 4.98 Å². The minimum absolute atomic E-state index is 0.464. The first-order chi connectivity index (χ1) is 12.2. The fourth-order valence-electron chi connectivity index (χ4n) is 3.06. The number of aromatic nitrogens is 4. The number of benzene rings is 1. The van der Waals surface area contributed by atoms with Crippen LogP contribution in [0.5, 0.6) is 0 Å². The Hall–Kier alpha value is -2.73. The molecule has 0 unspecified atom stereocenters. The number of fused-ring (bicyclic) bond motifs is 2. The molecule has 0 fully saturated rings. The van der Waals surface area contributed by atoms with Gasteiger partial charge in [-0.2, -0.15) is 0 Å². The highest BCUT2D eigenvalue weighted by Crippen LogP contribution is 2.40. The lowest BCUT2D eigenvalue weighted by molar-refractivity contribution is 0.718. The van der Waals surface area contributed by atoms with E-state index in [9.17, 15) is 0 Å². The van der Waals surface area contributed by atoms with E-state index < -0.39 is 0 Å². The molecule has 0 atom stereocenters. The fraction of sp³-hybridized carbons (Fsp3) is 0.105. The Morgan fingerprint density at radius 3 is 2.88 bits per heavy atom. The number of anilines is 1. The van der Waals surface area contributed by atoms with Crippen molar-refractivity contribution >= 4 is 43.7 Å². The number of allylic oxidation sites excluding steroid dienone is 1. The van der Waals surface area contributed by atoms with Crippen molar-refractivity contribution in [2.24, 2.45) is 0 Å². The molecule has 2 N–H and O–H groups in total. The van der Waals surface area contributed by atoms with E-state index in [-0.39, 0.29) is 0 Å². The third-order valence-electron chi connectivity index (χ3n) is 4.24. The monoisotopic (exact) mass is 393 g/mol. The predicted octanol–water partition coefficient (Wildman–Crippen LogP) is 4.57. The van der Waals surface area contributed by atoms with E-state index in [4.69, 9.17) is 5.73 Å². The SMILES string of the molecule is C=CCCn1c(Br)c(-c2cnc3ccccc3c2)c2c(N)ncnc21. The highest BCUT2D eigenvalue weighted by molar-refractivity contribution is 9.10. The van der Waals surface area contributed by atoms with E-state index in [1.165, 1.54) is 6.33 Å². The lowest BCUT2D eigenvalue weighted by Gasteiger charge is -2.06. The van der Waals surface area contributed by atoms with Gasteiger partial charge in [0, 0.05) is 29.3 Å². The molecule has 0 saturated carbocycles. The van der Waals surface area contributed by atoms with Gasteiger partial charge in [-0.05, 0) is 34.5 Å². The first-order valence-corrected chi connectivity index (χ1v) is 8.74. The molecule has 1 aromatic carbocycles. The third kappa shape index (κ3) is 2.59. The lowest BCUT2D eigenvalue weighted by Crippen LogP contribution is -1.99. The van der Waals surface area contributed by atoms with Crippen molar-refractivity contribution in [2.45, 2.75) is 13.0 Å². The van der Waals surface area contributed by atoms with Gasteiger partial charge in [0.15, 0.2) is 0 Å². The number of halogens is 1. The van der Waals surface area contributed by atoms with Crippen molar-refractivity contribution in [3.63, 3.8) is 0 Å². The second kappa shape index (κ2) is 6.29. The normalized spacial score (nSPS) is 11.2.